The van der Waals surface area contributed by atoms with E-state index in [9.17, 15) is 4.79 Å². The number of hydrogen-bond donors (Lipinski definition) is 1. The van der Waals surface area contributed by atoms with Crippen molar-refractivity contribution in [2.75, 3.05) is 20.3 Å². The first kappa shape index (κ1) is 14.8. The molecule has 5 nitrogen and oxygen atoms in total. The molecule has 0 spiro atoms. The molecule has 2 atom stereocenters. The molecule has 1 aromatic carbocycles. The van der Waals surface area contributed by atoms with Crippen LogP contribution in [0.5, 0.6) is 11.5 Å². The van der Waals surface area contributed by atoms with Crippen LogP contribution in [0.2, 0.25) is 0 Å². The van der Waals surface area contributed by atoms with Crippen LogP contribution in [0.1, 0.15) is 43.7 Å². The number of carbonyl (C=O) groups excluding carboxylic acids is 1. The lowest BCUT2D eigenvalue weighted by Gasteiger charge is -2.23. The van der Waals surface area contributed by atoms with Gasteiger partial charge in [0.25, 0.3) is 0 Å². The predicted octanol–water partition coefficient (Wildman–Crippen LogP) is 2.26. The van der Waals surface area contributed by atoms with Gasteiger partial charge in [0.05, 0.1) is 13.7 Å². The molecule has 3 aliphatic rings. The molecule has 4 rings (SSSR count). The Morgan fingerprint density at radius 3 is 2.96 bits per heavy atom. The van der Waals surface area contributed by atoms with Crippen molar-refractivity contribution >= 4 is 5.91 Å². The molecule has 0 aromatic heterocycles. The Labute approximate surface area is 136 Å². The summed E-state index contributed by atoms with van der Waals surface area (Å²) in [5.74, 6) is 2.09. The van der Waals surface area contributed by atoms with E-state index in [0.717, 1.165) is 43.1 Å². The van der Waals surface area contributed by atoms with Gasteiger partial charge in [-0.05, 0) is 43.9 Å². The summed E-state index contributed by atoms with van der Waals surface area (Å²) >= 11 is 0. The molecule has 23 heavy (non-hydrogen) atoms. The minimum atomic E-state index is 0.222. The summed E-state index contributed by atoms with van der Waals surface area (Å²) in [5.41, 5.74) is 1.15. The third kappa shape index (κ3) is 3.02. The van der Waals surface area contributed by atoms with Crippen LogP contribution in [0.15, 0.2) is 18.2 Å². The number of nitrogens with one attached hydrogen (secondary N) is 1. The van der Waals surface area contributed by atoms with Gasteiger partial charge in [-0.25, -0.2) is 0 Å². The summed E-state index contributed by atoms with van der Waals surface area (Å²) in [4.78, 5) is 14.2. The van der Waals surface area contributed by atoms with Crippen molar-refractivity contribution in [2.24, 2.45) is 0 Å². The molecule has 124 valence electrons. The fourth-order valence-corrected chi connectivity index (χ4v) is 3.72. The van der Waals surface area contributed by atoms with E-state index in [0.29, 0.717) is 18.4 Å². The van der Waals surface area contributed by atoms with Gasteiger partial charge < -0.3 is 19.7 Å². The lowest BCUT2D eigenvalue weighted by Crippen LogP contribution is -2.36. The largest absolute Gasteiger partial charge is 0.497 e. The number of fused-ring (bicyclic) bond motifs is 1. The first-order chi connectivity index (χ1) is 11.2. The molecular weight excluding hydrogens is 292 g/mol. The van der Waals surface area contributed by atoms with Crippen LogP contribution in [-0.4, -0.2) is 43.2 Å². The molecule has 1 aromatic rings. The maximum absolute atomic E-state index is 12.2. The molecule has 2 heterocycles. The van der Waals surface area contributed by atoms with Crippen molar-refractivity contribution in [2.45, 2.75) is 50.2 Å². The van der Waals surface area contributed by atoms with Crippen molar-refractivity contribution in [3.63, 3.8) is 0 Å². The molecule has 2 fully saturated rings. The number of nitrogens with zero attached hydrogens (tertiary/aromatic N) is 1. The minimum Gasteiger partial charge on any atom is -0.497 e. The normalized spacial score (nSPS) is 27.3. The molecule has 0 bridgehead atoms. The van der Waals surface area contributed by atoms with Crippen molar-refractivity contribution < 1.29 is 14.3 Å². The van der Waals surface area contributed by atoms with E-state index in [4.69, 9.17) is 9.47 Å². The first-order valence-electron chi connectivity index (χ1n) is 8.61. The Kier molecular flexibility index (Phi) is 3.89. The molecule has 0 radical (unpaired) electrons. The van der Waals surface area contributed by atoms with Gasteiger partial charge in [0.2, 0.25) is 5.91 Å². The third-order valence-electron chi connectivity index (χ3n) is 5.07. The summed E-state index contributed by atoms with van der Waals surface area (Å²) in [5, 5.41) is 3.71. The van der Waals surface area contributed by atoms with E-state index >= 15 is 0 Å². The quantitative estimate of drug-likeness (QED) is 0.926. The van der Waals surface area contributed by atoms with Crippen LogP contribution in [0.25, 0.3) is 0 Å². The Balaban J connectivity index is 1.51. The maximum atomic E-state index is 12.2. The summed E-state index contributed by atoms with van der Waals surface area (Å²) in [6.07, 6.45) is 5.01. The predicted molar refractivity (Wildman–Crippen MR) is 86.7 cm³/mol. The number of methoxy groups -OCH3 is 1. The monoisotopic (exact) mass is 316 g/mol. The second-order valence-electron chi connectivity index (χ2n) is 6.79. The van der Waals surface area contributed by atoms with Crippen LogP contribution >= 0.6 is 0 Å². The molecule has 1 amide bonds. The number of ether oxygens (including phenoxy) is 2. The van der Waals surface area contributed by atoms with Crippen LogP contribution in [0.3, 0.4) is 0 Å². The Bertz CT molecular complexity index is 600. The Morgan fingerprint density at radius 2 is 2.17 bits per heavy atom. The second kappa shape index (κ2) is 6.04. The lowest BCUT2D eigenvalue weighted by atomic mass is 10.0. The van der Waals surface area contributed by atoms with Crippen molar-refractivity contribution in [1.82, 2.24) is 10.2 Å². The van der Waals surface area contributed by atoms with Crippen LogP contribution in [0.4, 0.5) is 0 Å². The van der Waals surface area contributed by atoms with E-state index in [2.05, 4.69) is 16.3 Å². The van der Waals surface area contributed by atoms with Gasteiger partial charge in [-0.3, -0.25) is 4.79 Å². The fourth-order valence-electron chi connectivity index (χ4n) is 3.72. The van der Waals surface area contributed by atoms with Crippen LogP contribution < -0.4 is 14.8 Å². The third-order valence-corrected chi connectivity index (χ3v) is 5.07. The Morgan fingerprint density at radius 1 is 1.30 bits per heavy atom. The molecule has 1 saturated carbocycles. The van der Waals surface area contributed by atoms with Crippen molar-refractivity contribution in [3.05, 3.63) is 23.8 Å². The molecule has 0 unspecified atom stereocenters. The summed E-state index contributed by atoms with van der Waals surface area (Å²) in [7, 11) is 1.69. The smallest absolute Gasteiger partial charge is 0.224 e. The molecule has 1 aliphatic carbocycles. The summed E-state index contributed by atoms with van der Waals surface area (Å²) in [6, 6.07) is 6.97. The van der Waals surface area contributed by atoms with Gasteiger partial charge in [-0.15, -0.1) is 0 Å². The van der Waals surface area contributed by atoms with Gasteiger partial charge >= 0.3 is 0 Å². The highest BCUT2D eigenvalue weighted by Crippen LogP contribution is 2.36. The van der Waals surface area contributed by atoms with E-state index in [1.54, 1.807) is 7.11 Å². The van der Waals surface area contributed by atoms with Crippen LogP contribution in [0, 0.1) is 0 Å². The molecule has 2 aliphatic heterocycles. The SMILES string of the molecule is COc1ccc2c(c1)[C@H](N[C@H]1CC(=O)N(C3CC3)C1)CCCO2. The van der Waals surface area contributed by atoms with Crippen molar-refractivity contribution in [3.8, 4) is 11.5 Å². The minimum absolute atomic E-state index is 0.222. The number of hydrogen-bond acceptors (Lipinski definition) is 4. The zero-order chi connectivity index (χ0) is 15.8. The number of benzene rings is 1. The summed E-state index contributed by atoms with van der Waals surface area (Å²) < 4.78 is 11.2. The van der Waals surface area contributed by atoms with Gasteiger partial charge in [0.15, 0.2) is 0 Å². The standard InChI is InChI=1S/C18H24N2O3/c1-22-14-6-7-17-15(10-14)16(3-2-8-23-17)19-12-9-18(21)20(11-12)13-4-5-13/h6-7,10,12-13,16,19H,2-5,8-9,11H2,1H3/t12-,16+/m0/s1. The Hall–Kier alpha value is -1.75. The molecule has 1 N–H and O–H groups in total. The number of carbonyl (C=O) groups is 1. The fraction of sp³-hybridized carbons (Fsp3) is 0.611. The zero-order valence-electron chi connectivity index (χ0n) is 13.6. The van der Waals surface area contributed by atoms with Gasteiger partial charge in [0, 0.05) is 36.7 Å². The van der Waals surface area contributed by atoms with Crippen LogP contribution in [-0.2, 0) is 4.79 Å². The van der Waals surface area contributed by atoms with Crippen molar-refractivity contribution in [1.29, 1.82) is 0 Å². The highest BCUT2D eigenvalue weighted by atomic mass is 16.5. The highest BCUT2D eigenvalue weighted by Gasteiger charge is 2.40. The zero-order valence-corrected chi connectivity index (χ0v) is 13.6. The van der Waals surface area contributed by atoms with E-state index in [1.165, 1.54) is 12.8 Å². The average molecular weight is 316 g/mol. The van der Waals surface area contributed by atoms with Gasteiger partial charge in [-0.2, -0.15) is 0 Å². The van der Waals surface area contributed by atoms with E-state index in [-0.39, 0.29) is 12.1 Å². The topological polar surface area (TPSA) is 50.8 Å². The molecule has 1 saturated heterocycles. The number of amides is 1. The number of likely N-dealkylation sites (tertiary alicyclic amines) is 1. The number of rotatable bonds is 4. The first-order valence-corrected chi connectivity index (χ1v) is 8.61. The van der Waals surface area contributed by atoms with Gasteiger partial charge in [0.1, 0.15) is 11.5 Å². The average Bonchev–Trinajstić information content (AvgIpc) is 3.35. The lowest BCUT2D eigenvalue weighted by molar-refractivity contribution is -0.128. The molecular formula is C18H24N2O3. The summed E-state index contributed by atoms with van der Waals surface area (Å²) in [6.45, 7) is 1.59. The van der Waals surface area contributed by atoms with Gasteiger partial charge in [-0.1, -0.05) is 0 Å². The highest BCUT2D eigenvalue weighted by molar-refractivity contribution is 5.80. The molecule has 5 heteroatoms. The van der Waals surface area contributed by atoms with E-state index in [1.807, 2.05) is 12.1 Å². The second-order valence-corrected chi connectivity index (χ2v) is 6.79. The van der Waals surface area contributed by atoms with E-state index < -0.39 is 0 Å². The maximum Gasteiger partial charge on any atom is 0.224 e.